The Morgan fingerprint density at radius 2 is 1.39 bits per heavy atom. The smallest absolute Gasteiger partial charge is 0.322 e. The van der Waals surface area contributed by atoms with Crippen LogP contribution >= 0.6 is 0 Å². The molecular weight excluding hydrogens is 234 g/mol. The second-order valence-electron chi connectivity index (χ2n) is 4.49. The summed E-state index contributed by atoms with van der Waals surface area (Å²) in [6.45, 7) is 1.31. The van der Waals surface area contributed by atoms with Crippen molar-refractivity contribution < 1.29 is 19.5 Å². The van der Waals surface area contributed by atoms with Gasteiger partial charge in [0, 0.05) is 12.8 Å². The molecule has 0 saturated heterocycles. The third-order valence-corrected chi connectivity index (χ3v) is 2.62. The molecule has 0 fully saturated rings. The average molecular weight is 257 g/mol. The Bertz CT molecular complexity index is 276. The number of hydrogen-bond acceptors (Lipinski definition) is 3. The Balaban J connectivity index is 3.22. The molecule has 2 N–H and O–H groups in total. The van der Waals surface area contributed by atoms with Crippen LogP contribution in [-0.2, 0) is 14.4 Å². The summed E-state index contributed by atoms with van der Waals surface area (Å²) in [5.41, 5.74) is 0. The Morgan fingerprint density at radius 1 is 0.889 bits per heavy atom. The Morgan fingerprint density at radius 3 is 1.89 bits per heavy atom. The van der Waals surface area contributed by atoms with Gasteiger partial charge in [-0.1, -0.05) is 25.7 Å². The number of amides is 1. The van der Waals surface area contributed by atoms with Crippen LogP contribution in [0.1, 0.15) is 58.3 Å². The molecule has 5 heteroatoms. The van der Waals surface area contributed by atoms with E-state index in [0.717, 1.165) is 38.5 Å². The lowest BCUT2D eigenvalue weighted by molar-refractivity contribution is -0.137. The highest BCUT2D eigenvalue weighted by Crippen LogP contribution is 2.08. The van der Waals surface area contributed by atoms with Crippen molar-refractivity contribution in [3.63, 3.8) is 0 Å². The van der Waals surface area contributed by atoms with Crippen LogP contribution in [0, 0.1) is 0 Å². The molecule has 0 radical (unpaired) electrons. The molecule has 0 aromatic heterocycles. The number of carbonyl (C=O) groups excluding carboxylic acids is 2. The molecule has 0 aliphatic carbocycles. The molecule has 18 heavy (non-hydrogen) atoms. The number of hydrogen-bond donors (Lipinski definition) is 2. The summed E-state index contributed by atoms with van der Waals surface area (Å²) in [6.07, 6.45) is 6.98. The van der Waals surface area contributed by atoms with Gasteiger partial charge < -0.3 is 15.2 Å². The number of carboxylic acids is 1. The molecule has 0 rings (SSSR count). The minimum Gasteiger partial charge on any atom is -0.480 e. The summed E-state index contributed by atoms with van der Waals surface area (Å²) >= 11 is 0. The first-order valence-electron chi connectivity index (χ1n) is 6.50. The zero-order chi connectivity index (χ0) is 13.8. The van der Waals surface area contributed by atoms with Crippen molar-refractivity contribution >= 4 is 17.7 Å². The van der Waals surface area contributed by atoms with Gasteiger partial charge in [0.1, 0.15) is 12.3 Å². The van der Waals surface area contributed by atoms with Crippen LogP contribution < -0.4 is 5.32 Å². The van der Waals surface area contributed by atoms with Crippen molar-refractivity contribution in [3.8, 4) is 0 Å². The molecule has 104 valence electrons. The fourth-order valence-corrected chi connectivity index (χ4v) is 1.63. The summed E-state index contributed by atoms with van der Waals surface area (Å²) in [6, 6.07) is 0. The van der Waals surface area contributed by atoms with Gasteiger partial charge in [-0.15, -0.1) is 0 Å². The van der Waals surface area contributed by atoms with Crippen molar-refractivity contribution in [1.29, 1.82) is 0 Å². The number of unbranched alkanes of at least 4 members (excludes halogenated alkanes) is 5. The molecule has 5 nitrogen and oxygen atoms in total. The van der Waals surface area contributed by atoms with Crippen LogP contribution in [0.4, 0.5) is 0 Å². The normalized spacial score (nSPS) is 10.1. The van der Waals surface area contributed by atoms with E-state index in [1.165, 1.54) is 0 Å². The molecule has 0 spiro atoms. The average Bonchev–Trinajstić information content (AvgIpc) is 2.29. The molecule has 0 atom stereocenters. The van der Waals surface area contributed by atoms with Gasteiger partial charge in [0.25, 0.3) is 0 Å². The number of ketones is 1. The molecule has 0 aliphatic heterocycles. The highest BCUT2D eigenvalue weighted by molar-refractivity contribution is 5.80. The molecule has 0 heterocycles. The van der Waals surface area contributed by atoms with Crippen LogP contribution in [0.3, 0.4) is 0 Å². The zero-order valence-corrected chi connectivity index (χ0v) is 11.0. The minimum atomic E-state index is -1.02. The highest BCUT2D eigenvalue weighted by Gasteiger charge is 2.03. The lowest BCUT2D eigenvalue weighted by atomic mass is 10.1. The van der Waals surface area contributed by atoms with Crippen LogP contribution in [-0.4, -0.2) is 29.3 Å². The van der Waals surface area contributed by atoms with Crippen LogP contribution in [0.25, 0.3) is 0 Å². The van der Waals surface area contributed by atoms with E-state index in [-0.39, 0.29) is 18.2 Å². The van der Waals surface area contributed by atoms with Crippen molar-refractivity contribution in [2.24, 2.45) is 0 Å². The molecule has 0 saturated carbocycles. The first-order valence-corrected chi connectivity index (χ1v) is 6.50. The summed E-state index contributed by atoms with van der Waals surface area (Å²) in [7, 11) is 0. The SMILES string of the molecule is CC(=O)CCCCCCCCC(=O)NCC(=O)O. The minimum absolute atomic E-state index is 0.200. The second-order valence-corrected chi connectivity index (χ2v) is 4.49. The molecule has 0 aliphatic rings. The van der Waals surface area contributed by atoms with Gasteiger partial charge in [0.15, 0.2) is 0 Å². The standard InChI is InChI=1S/C13H23NO4/c1-11(15)8-6-4-2-3-5-7-9-12(16)14-10-13(17)18/h2-10H2,1H3,(H,14,16)(H,17,18). The number of Topliss-reactive ketones (excluding diaryl/α,β-unsaturated/α-hetero) is 1. The van der Waals surface area contributed by atoms with E-state index in [9.17, 15) is 14.4 Å². The second kappa shape index (κ2) is 10.7. The van der Waals surface area contributed by atoms with E-state index >= 15 is 0 Å². The van der Waals surface area contributed by atoms with E-state index in [1.807, 2.05) is 0 Å². The number of nitrogens with one attached hydrogen (secondary N) is 1. The van der Waals surface area contributed by atoms with Crippen molar-refractivity contribution in [1.82, 2.24) is 5.32 Å². The number of rotatable bonds is 11. The summed E-state index contributed by atoms with van der Waals surface area (Å²) in [4.78, 5) is 32.0. The first-order chi connectivity index (χ1) is 8.52. The Kier molecular flexibility index (Phi) is 9.91. The Hall–Kier alpha value is -1.39. The maximum atomic E-state index is 11.1. The molecular formula is C13H23NO4. The fraction of sp³-hybridized carbons (Fsp3) is 0.769. The molecule has 0 unspecified atom stereocenters. The van der Waals surface area contributed by atoms with E-state index in [2.05, 4.69) is 5.32 Å². The molecule has 0 bridgehead atoms. The van der Waals surface area contributed by atoms with Crippen molar-refractivity contribution in [3.05, 3.63) is 0 Å². The van der Waals surface area contributed by atoms with Gasteiger partial charge >= 0.3 is 5.97 Å². The Labute approximate surface area is 108 Å². The van der Waals surface area contributed by atoms with E-state index in [1.54, 1.807) is 6.92 Å². The quantitative estimate of drug-likeness (QED) is 0.554. The fourth-order valence-electron chi connectivity index (χ4n) is 1.63. The van der Waals surface area contributed by atoms with Crippen LogP contribution in [0.2, 0.25) is 0 Å². The maximum absolute atomic E-state index is 11.1. The topological polar surface area (TPSA) is 83.5 Å². The number of carboxylic acid groups (broad SMARTS) is 1. The van der Waals surface area contributed by atoms with Gasteiger partial charge in [-0.3, -0.25) is 9.59 Å². The largest absolute Gasteiger partial charge is 0.480 e. The van der Waals surface area contributed by atoms with Gasteiger partial charge in [-0.2, -0.15) is 0 Å². The highest BCUT2D eigenvalue weighted by atomic mass is 16.4. The van der Waals surface area contributed by atoms with Gasteiger partial charge in [0.05, 0.1) is 0 Å². The number of carbonyl (C=O) groups is 3. The third-order valence-electron chi connectivity index (χ3n) is 2.62. The molecule has 0 aromatic carbocycles. The predicted octanol–water partition coefficient (Wildman–Crippen LogP) is 1.90. The number of aliphatic carboxylic acids is 1. The van der Waals surface area contributed by atoms with Crippen molar-refractivity contribution in [2.45, 2.75) is 58.3 Å². The van der Waals surface area contributed by atoms with Gasteiger partial charge in [0.2, 0.25) is 5.91 Å². The van der Waals surface area contributed by atoms with Crippen molar-refractivity contribution in [2.75, 3.05) is 6.54 Å². The van der Waals surface area contributed by atoms with Gasteiger partial charge in [-0.05, 0) is 19.8 Å². The van der Waals surface area contributed by atoms with E-state index in [0.29, 0.717) is 12.8 Å². The zero-order valence-electron chi connectivity index (χ0n) is 11.0. The summed E-state index contributed by atoms with van der Waals surface area (Å²) < 4.78 is 0. The predicted molar refractivity (Wildman–Crippen MR) is 68.3 cm³/mol. The maximum Gasteiger partial charge on any atom is 0.322 e. The summed E-state index contributed by atoms with van der Waals surface area (Å²) in [5.74, 6) is -0.979. The van der Waals surface area contributed by atoms with E-state index in [4.69, 9.17) is 5.11 Å². The third kappa shape index (κ3) is 12.7. The van der Waals surface area contributed by atoms with Crippen LogP contribution in [0.5, 0.6) is 0 Å². The first kappa shape index (κ1) is 16.6. The molecule has 0 aromatic rings. The lowest BCUT2D eigenvalue weighted by Crippen LogP contribution is -2.28. The lowest BCUT2D eigenvalue weighted by Gasteiger charge is -2.02. The van der Waals surface area contributed by atoms with E-state index < -0.39 is 5.97 Å². The van der Waals surface area contributed by atoms with Crippen LogP contribution in [0.15, 0.2) is 0 Å². The van der Waals surface area contributed by atoms with Gasteiger partial charge in [-0.25, -0.2) is 0 Å². The summed E-state index contributed by atoms with van der Waals surface area (Å²) in [5, 5.41) is 10.7. The monoisotopic (exact) mass is 257 g/mol. The molecule has 1 amide bonds.